The number of ether oxygens (including phenoxy) is 1. The monoisotopic (exact) mass is 247 g/mol. The molecule has 0 bridgehead atoms. The van der Waals surface area contributed by atoms with Crippen LogP contribution >= 0.6 is 0 Å². The van der Waals surface area contributed by atoms with Gasteiger partial charge in [0.2, 0.25) is 0 Å². The number of rotatable bonds is 6. The molecule has 0 aliphatic heterocycles. The third-order valence-corrected chi connectivity index (χ3v) is 2.67. The van der Waals surface area contributed by atoms with Crippen LogP contribution in [0.2, 0.25) is 0 Å². The Bertz CT molecular complexity index is 468. The van der Waals surface area contributed by atoms with Crippen LogP contribution in [0, 0.1) is 0 Å². The van der Waals surface area contributed by atoms with Crippen molar-refractivity contribution in [2.75, 3.05) is 6.61 Å². The Morgan fingerprint density at radius 2 is 2.33 bits per heavy atom. The summed E-state index contributed by atoms with van der Waals surface area (Å²) in [5, 5.41) is 10.1. The number of furan rings is 1. The lowest BCUT2D eigenvalue weighted by molar-refractivity contribution is 0.164. The molecule has 2 aromatic heterocycles. The SMILES string of the molecule is CCOc1cncc(C(O)CCc2ccco2)c1. The van der Waals surface area contributed by atoms with Gasteiger partial charge >= 0.3 is 0 Å². The van der Waals surface area contributed by atoms with Gasteiger partial charge in [-0.05, 0) is 31.5 Å². The van der Waals surface area contributed by atoms with Crippen LogP contribution in [0.25, 0.3) is 0 Å². The van der Waals surface area contributed by atoms with Gasteiger partial charge in [-0.15, -0.1) is 0 Å². The second-order valence-electron chi connectivity index (χ2n) is 4.02. The van der Waals surface area contributed by atoms with Crippen molar-refractivity contribution < 1.29 is 14.3 Å². The number of aromatic nitrogens is 1. The minimum atomic E-state index is -0.553. The predicted octanol–water partition coefficient (Wildman–Crippen LogP) is 2.74. The van der Waals surface area contributed by atoms with Crippen molar-refractivity contribution in [1.82, 2.24) is 4.98 Å². The normalized spacial score (nSPS) is 12.3. The van der Waals surface area contributed by atoms with Crippen LogP contribution in [0.4, 0.5) is 0 Å². The van der Waals surface area contributed by atoms with Gasteiger partial charge in [-0.3, -0.25) is 4.98 Å². The molecule has 1 unspecified atom stereocenters. The van der Waals surface area contributed by atoms with Crippen molar-refractivity contribution in [2.45, 2.75) is 25.9 Å². The fraction of sp³-hybridized carbons (Fsp3) is 0.357. The van der Waals surface area contributed by atoms with Gasteiger partial charge in [0.25, 0.3) is 0 Å². The van der Waals surface area contributed by atoms with E-state index in [0.717, 1.165) is 11.3 Å². The molecule has 0 aromatic carbocycles. The van der Waals surface area contributed by atoms with Gasteiger partial charge in [-0.1, -0.05) is 0 Å². The molecule has 0 saturated heterocycles. The first-order valence-corrected chi connectivity index (χ1v) is 6.07. The van der Waals surface area contributed by atoms with Gasteiger partial charge in [-0.25, -0.2) is 0 Å². The third kappa shape index (κ3) is 3.34. The minimum Gasteiger partial charge on any atom is -0.492 e. The molecule has 0 saturated carbocycles. The second kappa shape index (κ2) is 6.21. The van der Waals surface area contributed by atoms with Gasteiger partial charge in [0.05, 0.1) is 25.2 Å². The summed E-state index contributed by atoms with van der Waals surface area (Å²) in [5.41, 5.74) is 0.771. The molecule has 96 valence electrons. The number of aryl methyl sites for hydroxylation is 1. The van der Waals surface area contributed by atoms with Crippen molar-refractivity contribution in [2.24, 2.45) is 0 Å². The number of pyridine rings is 1. The lowest BCUT2D eigenvalue weighted by atomic mass is 10.1. The molecule has 4 heteroatoms. The maximum Gasteiger partial charge on any atom is 0.137 e. The Labute approximate surface area is 106 Å². The molecule has 4 nitrogen and oxygen atoms in total. The second-order valence-corrected chi connectivity index (χ2v) is 4.02. The Hall–Kier alpha value is -1.81. The van der Waals surface area contributed by atoms with E-state index in [1.807, 2.05) is 25.1 Å². The van der Waals surface area contributed by atoms with Crippen LogP contribution in [0.15, 0.2) is 41.3 Å². The van der Waals surface area contributed by atoms with E-state index in [9.17, 15) is 5.11 Å². The Balaban J connectivity index is 1.95. The van der Waals surface area contributed by atoms with Crippen molar-refractivity contribution in [1.29, 1.82) is 0 Å². The minimum absolute atomic E-state index is 0.553. The summed E-state index contributed by atoms with van der Waals surface area (Å²) in [7, 11) is 0. The molecule has 18 heavy (non-hydrogen) atoms. The topological polar surface area (TPSA) is 55.5 Å². The standard InChI is InChI=1S/C14H17NO3/c1-2-17-13-8-11(9-15-10-13)14(16)6-5-12-4-3-7-18-12/h3-4,7-10,14,16H,2,5-6H2,1H3. The molecular weight excluding hydrogens is 230 g/mol. The van der Waals surface area contributed by atoms with Crippen molar-refractivity contribution >= 4 is 0 Å². The number of aliphatic hydroxyl groups is 1. The molecule has 0 fully saturated rings. The molecule has 2 heterocycles. The number of aliphatic hydroxyl groups excluding tert-OH is 1. The van der Waals surface area contributed by atoms with Gasteiger partial charge in [0.1, 0.15) is 11.5 Å². The van der Waals surface area contributed by atoms with Gasteiger partial charge in [0, 0.05) is 18.2 Å². The average molecular weight is 247 g/mol. The summed E-state index contributed by atoms with van der Waals surface area (Å²) in [6, 6.07) is 5.57. The van der Waals surface area contributed by atoms with E-state index in [-0.39, 0.29) is 0 Å². The quantitative estimate of drug-likeness (QED) is 0.852. The van der Waals surface area contributed by atoms with E-state index in [0.29, 0.717) is 25.2 Å². The molecule has 0 radical (unpaired) electrons. The molecule has 2 aromatic rings. The van der Waals surface area contributed by atoms with Crippen molar-refractivity contribution in [3.8, 4) is 5.75 Å². The fourth-order valence-electron chi connectivity index (χ4n) is 1.76. The van der Waals surface area contributed by atoms with E-state index in [1.54, 1.807) is 18.7 Å². The van der Waals surface area contributed by atoms with Crippen LogP contribution in [0.1, 0.15) is 30.8 Å². The molecule has 0 aliphatic carbocycles. The number of hydrogen-bond acceptors (Lipinski definition) is 4. The Morgan fingerprint density at radius 1 is 1.44 bits per heavy atom. The largest absolute Gasteiger partial charge is 0.492 e. The zero-order valence-corrected chi connectivity index (χ0v) is 10.4. The first-order valence-electron chi connectivity index (χ1n) is 6.07. The summed E-state index contributed by atoms with van der Waals surface area (Å²) in [5.74, 6) is 1.56. The summed E-state index contributed by atoms with van der Waals surface area (Å²) in [6.45, 7) is 2.51. The van der Waals surface area contributed by atoms with E-state index in [4.69, 9.17) is 9.15 Å². The van der Waals surface area contributed by atoms with Gasteiger partial charge in [0.15, 0.2) is 0 Å². The van der Waals surface area contributed by atoms with Crippen LogP contribution < -0.4 is 4.74 Å². The van der Waals surface area contributed by atoms with Crippen LogP contribution in [-0.2, 0) is 6.42 Å². The van der Waals surface area contributed by atoms with Crippen LogP contribution in [0.5, 0.6) is 5.75 Å². The zero-order valence-electron chi connectivity index (χ0n) is 10.4. The highest BCUT2D eigenvalue weighted by Crippen LogP contribution is 2.22. The first kappa shape index (κ1) is 12.6. The van der Waals surface area contributed by atoms with Crippen LogP contribution in [0.3, 0.4) is 0 Å². The van der Waals surface area contributed by atoms with Crippen molar-refractivity contribution in [3.63, 3.8) is 0 Å². The first-order chi connectivity index (χ1) is 8.79. The molecular formula is C14H17NO3. The molecule has 1 atom stereocenters. The smallest absolute Gasteiger partial charge is 0.137 e. The van der Waals surface area contributed by atoms with Crippen molar-refractivity contribution in [3.05, 3.63) is 48.2 Å². The van der Waals surface area contributed by atoms with Crippen LogP contribution in [-0.4, -0.2) is 16.7 Å². The van der Waals surface area contributed by atoms with Gasteiger partial charge < -0.3 is 14.3 Å². The Kier molecular flexibility index (Phi) is 4.36. The summed E-state index contributed by atoms with van der Waals surface area (Å²) in [4.78, 5) is 4.06. The predicted molar refractivity (Wildman–Crippen MR) is 67.4 cm³/mol. The summed E-state index contributed by atoms with van der Waals surface area (Å²) in [6.07, 6.45) is 5.70. The van der Waals surface area contributed by atoms with Gasteiger partial charge in [-0.2, -0.15) is 0 Å². The van der Waals surface area contributed by atoms with E-state index >= 15 is 0 Å². The maximum atomic E-state index is 10.1. The van der Waals surface area contributed by atoms with E-state index in [1.165, 1.54) is 0 Å². The average Bonchev–Trinajstić information content (AvgIpc) is 2.90. The third-order valence-electron chi connectivity index (χ3n) is 2.67. The summed E-state index contributed by atoms with van der Waals surface area (Å²) < 4.78 is 10.6. The summed E-state index contributed by atoms with van der Waals surface area (Å²) >= 11 is 0. The van der Waals surface area contributed by atoms with E-state index in [2.05, 4.69) is 4.98 Å². The number of hydrogen-bond donors (Lipinski definition) is 1. The highest BCUT2D eigenvalue weighted by Gasteiger charge is 2.10. The highest BCUT2D eigenvalue weighted by atomic mass is 16.5. The lowest BCUT2D eigenvalue weighted by Crippen LogP contribution is -2.01. The van der Waals surface area contributed by atoms with E-state index < -0.39 is 6.10 Å². The zero-order chi connectivity index (χ0) is 12.8. The Morgan fingerprint density at radius 3 is 3.06 bits per heavy atom. The lowest BCUT2D eigenvalue weighted by Gasteiger charge is -2.11. The maximum absolute atomic E-state index is 10.1. The molecule has 0 amide bonds. The molecule has 2 rings (SSSR count). The molecule has 0 aliphatic rings. The fourth-order valence-corrected chi connectivity index (χ4v) is 1.76. The highest BCUT2D eigenvalue weighted by molar-refractivity contribution is 5.25. The molecule has 0 spiro atoms. The molecule has 1 N–H and O–H groups in total. The number of nitrogens with zero attached hydrogens (tertiary/aromatic N) is 1.